The van der Waals surface area contributed by atoms with Crippen molar-refractivity contribution in [1.82, 2.24) is 20.2 Å². The molecule has 1 N–H and O–H groups in total. The predicted molar refractivity (Wildman–Crippen MR) is 81.3 cm³/mol. The minimum atomic E-state index is 0.303. The van der Waals surface area contributed by atoms with Gasteiger partial charge in [0.2, 0.25) is 5.28 Å². The van der Waals surface area contributed by atoms with Crippen molar-refractivity contribution in [3.05, 3.63) is 34.5 Å². The lowest BCUT2D eigenvalue weighted by Crippen LogP contribution is -2.34. The van der Waals surface area contributed by atoms with Gasteiger partial charge in [0.05, 0.1) is 6.20 Å². The van der Waals surface area contributed by atoms with Crippen LogP contribution in [0.1, 0.15) is 30.7 Å². The summed E-state index contributed by atoms with van der Waals surface area (Å²) in [7, 11) is 0. The van der Waals surface area contributed by atoms with Crippen LogP contribution < -0.4 is 4.90 Å². The number of nitrogens with zero attached hydrogens (tertiary/aromatic N) is 4. The van der Waals surface area contributed by atoms with Crippen LogP contribution in [0.2, 0.25) is 5.28 Å². The third-order valence-electron chi connectivity index (χ3n) is 3.43. The fourth-order valence-electron chi connectivity index (χ4n) is 2.13. The highest BCUT2D eigenvalue weighted by Gasteiger charge is 2.17. The first-order valence-corrected chi connectivity index (χ1v) is 7.12. The standard InChI is InChI=1S/C14H20ClN5/c1-9(2)20(6-5-12-7-16-17-8-12)13-10(3)11(4)18-14(15)19-13/h7-9H,5-6H2,1-4H3,(H,16,17). The maximum atomic E-state index is 6.01. The quantitative estimate of drug-likeness (QED) is 0.861. The van der Waals surface area contributed by atoms with E-state index in [9.17, 15) is 0 Å². The zero-order valence-electron chi connectivity index (χ0n) is 12.3. The van der Waals surface area contributed by atoms with Crippen molar-refractivity contribution >= 4 is 17.4 Å². The molecule has 0 saturated carbocycles. The molecule has 2 heterocycles. The number of hydrogen-bond donors (Lipinski definition) is 1. The lowest BCUT2D eigenvalue weighted by molar-refractivity contribution is 0.665. The maximum absolute atomic E-state index is 6.01. The first kappa shape index (κ1) is 14.8. The van der Waals surface area contributed by atoms with Gasteiger partial charge in [0, 0.05) is 30.0 Å². The van der Waals surface area contributed by atoms with Gasteiger partial charge in [-0.3, -0.25) is 5.10 Å². The molecule has 2 rings (SSSR count). The van der Waals surface area contributed by atoms with E-state index in [1.54, 1.807) is 0 Å². The average molecular weight is 294 g/mol. The fraction of sp³-hybridized carbons (Fsp3) is 0.500. The van der Waals surface area contributed by atoms with Crippen molar-refractivity contribution in [2.75, 3.05) is 11.4 Å². The van der Waals surface area contributed by atoms with Crippen molar-refractivity contribution < 1.29 is 0 Å². The molecule has 0 atom stereocenters. The van der Waals surface area contributed by atoms with Crippen LogP contribution in [-0.2, 0) is 6.42 Å². The largest absolute Gasteiger partial charge is 0.353 e. The summed E-state index contributed by atoms with van der Waals surface area (Å²) in [5.41, 5.74) is 3.19. The second-order valence-corrected chi connectivity index (χ2v) is 5.51. The number of aryl methyl sites for hydroxylation is 1. The van der Waals surface area contributed by atoms with Crippen LogP contribution >= 0.6 is 11.6 Å². The molecule has 5 nitrogen and oxygen atoms in total. The van der Waals surface area contributed by atoms with Gasteiger partial charge in [-0.25, -0.2) is 9.97 Å². The molecule has 108 valence electrons. The topological polar surface area (TPSA) is 57.7 Å². The van der Waals surface area contributed by atoms with Crippen molar-refractivity contribution in [2.24, 2.45) is 0 Å². The van der Waals surface area contributed by atoms with Crippen molar-refractivity contribution in [3.8, 4) is 0 Å². The monoisotopic (exact) mass is 293 g/mol. The number of hydrogen-bond acceptors (Lipinski definition) is 4. The number of halogens is 1. The Morgan fingerprint density at radius 1 is 1.30 bits per heavy atom. The highest BCUT2D eigenvalue weighted by molar-refractivity contribution is 6.28. The second-order valence-electron chi connectivity index (χ2n) is 5.17. The van der Waals surface area contributed by atoms with Crippen LogP contribution in [0.15, 0.2) is 12.4 Å². The third-order valence-corrected chi connectivity index (χ3v) is 3.60. The van der Waals surface area contributed by atoms with E-state index in [4.69, 9.17) is 11.6 Å². The van der Waals surface area contributed by atoms with E-state index in [2.05, 4.69) is 38.9 Å². The summed E-state index contributed by atoms with van der Waals surface area (Å²) < 4.78 is 0. The van der Waals surface area contributed by atoms with Gasteiger partial charge in [-0.05, 0) is 51.3 Å². The zero-order chi connectivity index (χ0) is 14.7. The Morgan fingerprint density at radius 2 is 2.05 bits per heavy atom. The summed E-state index contributed by atoms with van der Waals surface area (Å²) in [5, 5.41) is 7.11. The summed E-state index contributed by atoms with van der Waals surface area (Å²) in [6.07, 6.45) is 4.68. The molecular weight excluding hydrogens is 274 g/mol. The lowest BCUT2D eigenvalue weighted by atomic mass is 10.1. The normalized spacial score (nSPS) is 11.1. The molecule has 6 heteroatoms. The van der Waals surface area contributed by atoms with E-state index < -0.39 is 0 Å². The van der Waals surface area contributed by atoms with Gasteiger partial charge in [-0.1, -0.05) is 0 Å². The van der Waals surface area contributed by atoms with Crippen molar-refractivity contribution in [3.63, 3.8) is 0 Å². The average Bonchev–Trinajstić information content (AvgIpc) is 2.88. The Balaban J connectivity index is 2.24. The highest BCUT2D eigenvalue weighted by atomic mass is 35.5. The molecule has 0 bridgehead atoms. The number of nitrogens with one attached hydrogen (secondary N) is 1. The molecule has 2 aromatic heterocycles. The number of aromatic amines is 1. The van der Waals surface area contributed by atoms with Gasteiger partial charge in [0.15, 0.2) is 0 Å². The third kappa shape index (κ3) is 3.28. The minimum absolute atomic E-state index is 0.303. The van der Waals surface area contributed by atoms with E-state index in [0.29, 0.717) is 11.3 Å². The van der Waals surface area contributed by atoms with E-state index in [0.717, 1.165) is 30.0 Å². The Hall–Kier alpha value is -1.62. The van der Waals surface area contributed by atoms with Crippen LogP contribution in [0.25, 0.3) is 0 Å². The van der Waals surface area contributed by atoms with Gasteiger partial charge >= 0.3 is 0 Å². The lowest BCUT2D eigenvalue weighted by Gasteiger charge is -2.29. The molecule has 0 spiro atoms. The van der Waals surface area contributed by atoms with Crippen LogP contribution in [0.5, 0.6) is 0 Å². The smallest absolute Gasteiger partial charge is 0.224 e. The van der Waals surface area contributed by atoms with Crippen molar-refractivity contribution in [2.45, 2.75) is 40.2 Å². The molecule has 0 fully saturated rings. The minimum Gasteiger partial charge on any atom is -0.353 e. The first-order valence-electron chi connectivity index (χ1n) is 6.74. The van der Waals surface area contributed by atoms with Crippen LogP contribution in [0.4, 0.5) is 5.82 Å². The van der Waals surface area contributed by atoms with Gasteiger partial charge in [0.25, 0.3) is 0 Å². The maximum Gasteiger partial charge on any atom is 0.224 e. The molecule has 0 aliphatic heterocycles. The Kier molecular flexibility index (Phi) is 4.60. The Labute approximate surface area is 124 Å². The molecule has 0 amide bonds. The predicted octanol–water partition coefficient (Wildman–Crippen LogP) is 2.93. The van der Waals surface area contributed by atoms with Gasteiger partial charge in [-0.2, -0.15) is 5.10 Å². The number of aromatic nitrogens is 4. The van der Waals surface area contributed by atoms with Crippen LogP contribution in [0, 0.1) is 13.8 Å². The first-order chi connectivity index (χ1) is 9.49. The highest BCUT2D eigenvalue weighted by Crippen LogP contribution is 2.23. The molecule has 2 aromatic rings. The van der Waals surface area contributed by atoms with E-state index in [1.807, 2.05) is 26.2 Å². The molecule has 0 aliphatic rings. The Bertz CT molecular complexity index is 565. The van der Waals surface area contributed by atoms with Crippen LogP contribution in [-0.4, -0.2) is 32.8 Å². The van der Waals surface area contributed by atoms with E-state index in [-0.39, 0.29) is 0 Å². The van der Waals surface area contributed by atoms with Gasteiger partial charge in [0.1, 0.15) is 5.82 Å². The molecular formula is C14H20ClN5. The molecule has 0 unspecified atom stereocenters. The van der Waals surface area contributed by atoms with Gasteiger partial charge < -0.3 is 4.90 Å². The van der Waals surface area contributed by atoms with Crippen molar-refractivity contribution in [1.29, 1.82) is 0 Å². The summed E-state index contributed by atoms with van der Waals surface area (Å²) in [6.45, 7) is 9.17. The van der Waals surface area contributed by atoms with Crippen LogP contribution in [0.3, 0.4) is 0 Å². The molecule has 0 aromatic carbocycles. The number of H-pyrrole nitrogens is 1. The fourth-order valence-corrected chi connectivity index (χ4v) is 2.34. The summed E-state index contributed by atoms with van der Waals surface area (Å²) in [5.74, 6) is 0.918. The Morgan fingerprint density at radius 3 is 2.65 bits per heavy atom. The number of anilines is 1. The molecule has 0 aliphatic carbocycles. The molecule has 0 saturated heterocycles. The summed E-state index contributed by atoms with van der Waals surface area (Å²) in [4.78, 5) is 10.9. The SMILES string of the molecule is Cc1nc(Cl)nc(N(CCc2cn[nH]c2)C(C)C)c1C. The summed E-state index contributed by atoms with van der Waals surface area (Å²) in [6, 6.07) is 0.339. The van der Waals surface area contributed by atoms with Gasteiger partial charge in [-0.15, -0.1) is 0 Å². The van der Waals surface area contributed by atoms with E-state index >= 15 is 0 Å². The van der Waals surface area contributed by atoms with E-state index in [1.165, 1.54) is 5.56 Å². The molecule has 20 heavy (non-hydrogen) atoms. The summed E-state index contributed by atoms with van der Waals surface area (Å²) >= 11 is 6.01. The zero-order valence-corrected chi connectivity index (χ0v) is 13.1. The molecule has 0 radical (unpaired) electrons. The number of rotatable bonds is 5. The second kappa shape index (κ2) is 6.22.